The van der Waals surface area contributed by atoms with Crippen molar-refractivity contribution in [1.29, 1.82) is 0 Å². The lowest BCUT2D eigenvalue weighted by Gasteiger charge is -2.07. The molecule has 1 aromatic rings. The average Bonchev–Trinajstić information content (AvgIpc) is 2.49. The maximum atomic E-state index is 8.05. The molecular formula is C12H18N4O3S. The van der Waals surface area contributed by atoms with Crippen LogP contribution in [0.25, 0.3) is 10.4 Å². The van der Waals surface area contributed by atoms with Gasteiger partial charge in [0, 0.05) is 28.6 Å². The van der Waals surface area contributed by atoms with E-state index in [1.807, 2.05) is 18.4 Å². The van der Waals surface area contributed by atoms with Gasteiger partial charge in [0.15, 0.2) is 0 Å². The Morgan fingerprint density at radius 2 is 2.00 bits per heavy atom. The van der Waals surface area contributed by atoms with Crippen molar-refractivity contribution in [3.63, 3.8) is 0 Å². The Morgan fingerprint density at radius 3 is 2.75 bits per heavy atom. The lowest BCUT2D eigenvalue weighted by molar-refractivity contribution is 0.0382. The van der Waals surface area contributed by atoms with Gasteiger partial charge in [-0.2, -0.15) is 0 Å². The van der Waals surface area contributed by atoms with Crippen LogP contribution < -0.4 is 4.74 Å². The largest absolute Gasteiger partial charge is 0.475 e. The topological polar surface area (TPSA) is 89.3 Å². The zero-order chi connectivity index (χ0) is 14.5. The van der Waals surface area contributed by atoms with E-state index in [9.17, 15) is 0 Å². The van der Waals surface area contributed by atoms with Gasteiger partial charge in [0.05, 0.1) is 26.4 Å². The van der Waals surface area contributed by atoms with E-state index in [1.165, 1.54) is 0 Å². The smallest absolute Gasteiger partial charge is 0.214 e. The van der Waals surface area contributed by atoms with Gasteiger partial charge in [-0.15, -0.1) is 11.8 Å². The van der Waals surface area contributed by atoms with Gasteiger partial charge in [0.25, 0.3) is 0 Å². The van der Waals surface area contributed by atoms with E-state index in [4.69, 9.17) is 19.7 Å². The van der Waals surface area contributed by atoms with Crippen molar-refractivity contribution in [2.24, 2.45) is 5.11 Å². The highest BCUT2D eigenvalue weighted by atomic mass is 32.2. The highest BCUT2D eigenvalue weighted by molar-refractivity contribution is 7.98. The van der Waals surface area contributed by atoms with Gasteiger partial charge in [-0.25, -0.2) is 4.98 Å². The summed E-state index contributed by atoms with van der Waals surface area (Å²) in [5.74, 6) is 0.603. The molecule has 0 aromatic carbocycles. The van der Waals surface area contributed by atoms with E-state index in [0.717, 1.165) is 4.90 Å². The summed E-state index contributed by atoms with van der Waals surface area (Å²) in [6.45, 7) is 2.64. The first-order valence-corrected chi connectivity index (χ1v) is 7.38. The molecule has 0 aliphatic carbocycles. The number of ether oxygens (including phenoxy) is 3. The molecule has 0 saturated carbocycles. The van der Waals surface area contributed by atoms with Crippen LogP contribution in [0.15, 0.2) is 28.3 Å². The fraction of sp³-hybridized carbons (Fsp3) is 0.583. The van der Waals surface area contributed by atoms with E-state index >= 15 is 0 Å². The Labute approximate surface area is 122 Å². The van der Waals surface area contributed by atoms with Crippen LogP contribution in [0.3, 0.4) is 0 Å². The summed E-state index contributed by atoms with van der Waals surface area (Å²) in [4.78, 5) is 7.85. The molecule has 7 nitrogen and oxygen atoms in total. The van der Waals surface area contributed by atoms with Gasteiger partial charge in [0.2, 0.25) is 5.88 Å². The third kappa shape index (κ3) is 7.85. The Kier molecular flexibility index (Phi) is 9.42. The lowest BCUT2D eigenvalue weighted by atomic mass is 10.5. The molecule has 0 aliphatic heterocycles. The fourth-order valence-electron chi connectivity index (χ4n) is 1.27. The third-order valence-corrected chi connectivity index (χ3v) is 2.92. The van der Waals surface area contributed by atoms with E-state index < -0.39 is 0 Å². The summed E-state index contributed by atoms with van der Waals surface area (Å²) in [5, 5.41) is 3.35. The number of rotatable bonds is 11. The number of nitrogens with zero attached hydrogens (tertiary/aromatic N) is 4. The van der Waals surface area contributed by atoms with Crippen molar-refractivity contribution >= 4 is 11.8 Å². The zero-order valence-electron chi connectivity index (χ0n) is 11.4. The molecule has 0 spiro atoms. The van der Waals surface area contributed by atoms with Gasteiger partial charge in [-0.05, 0) is 17.9 Å². The van der Waals surface area contributed by atoms with Gasteiger partial charge >= 0.3 is 0 Å². The first kappa shape index (κ1) is 16.6. The molecule has 20 heavy (non-hydrogen) atoms. The highest BCUT2D eigenvalue weighted by Gasteiger charge is 1.97. The number of aromatic nitrogens is 1. The second kappa shape index (κ2) is 11.4. The lowest BCUT2D eigenvalue weighted by Crippen LogP contribution is -2.12. The van der Waals surface area contributed by atoms with E-state index in [1.54, 1.807) is 18.0 Å². The quantitative estimate of drug-likeness (QED) is 0.206. The summed E-state index contributed by atoms with van der Waals surface area (Å²) in [6.07, 6.45) is 3.73. The molecule has 0 unspecified atom stereocenters. The molecule has 0 atom stereocenters. The molecule has 1 aromatic heterocycles. The minimum absolute atomic E-state index is 0.344. The van der Waals surface area contributed by atoms with Crippen molar-refractivity contribution in [3.8, 4) is 5.88 Å². The van der Waals surface area contributed by atoms with E-state index in [-0.39, 0.29) is 0 Å². The number of thioether (sulfide) groups is 1. The number of pyridine rings is 1. The first-order chi connectivity index (χ1) is 9.86. The monoisotopic (exact) mass is 298 g/mol. The molecule has 110 valence electrons. The molecule has 1 heterocycles. The van der Waals surface area contributed by atoms with Crippen LogP contribution in [-0.4, -0.2) is 50.8 Å². The van der Waals surface area contributed by atoms with Gasteiger partial charge in [-0.3, -0.25) is 0 Å². The first-order valence-electron chi connectivity index (χ1n) is 6.16. The van der Waals surface area contributed by atoms with Crippen LogP contribution >= 0.6 is 11.8 Å². The van der Waals surface area contributed by atoms with E-state index in [2.05, 4.69) is 15.0 Å². The van der Waals surface area contributed by atoms with Crippen LogP contribution in [0.4, 0.5) is 0 Å². The minimum atomic E-state index is 0.344. The van der Waals surface area contributed by atoms with Gasteiger partial charge in [-0.1, -0.05) is 5.11 Å². The van der Waals surface area contributed by atoms with Crippen molar-refractivity contribution in [2.45, 2.75) is 4.90 Å². The van der Waals surface area contributed by atoms with Crippen LogP contribution in [-0.2, 0) is 9.47 Å². The second-order valence-electron chi connectivity index (χ2n) is 3.56. The van der Waals surface area contributed by atoms with Crippen molar-refractivity contribution in [2.75, 3.05) is 45.8 Å². The van der Waals surface area contributed by atoms with Crippen molar-refractivity contribution < 1.29 is 14.2 Å². The zero-order valence-corrected chi connectivity index (χ0v) is 12.2. The maximum Gasteiger partial charge on any atom is 0.214 e. The molecular weight excluding hydrogens is 280 g/mol. The second-order valence-corrected chi connectivity index (χ2v) is 4.44. The van der Waals surface area contributed by atoms with Crippen LogP contribution in [0.2, 0.25) is 0 Å². The van der Waals surface area contributed by atoms with Gasteiger partial charge in [0.1, 0.15) is 6.61 Å². The van der Waals surface area contributed by atoms with Crippen molar-refractivity contribution in [3.05, 3.63) is 28.8 Å². The molecule has 0 fully saturated rings. The summed E-state index contributed by atoms with van der Waals surface area (Å²) < 4.78 is 16.0. The molecule has 8 heteroatoms. The summed E-state index contributed by atoms with van der Waals surface area (Å²) in [5.41, 5.74) is 8.05. The van der Waals surface area contributed by atoms with E-state index in [0.29, 0.717) is 45.5 Å². The molecule has 0 bridgehead atoms. The molecule has 0 N–H and O–H groups in total. The average molecular weight is 298 g/mol. The summed E-state index contributed by atoms with van der Waals surface area (Å²) in [7, 11) is 0. The Hall–Kier alpha value is -1.47. The Balaban J connectivity index is 1.97. The van der Waals surface area contributed by atoms with Crippen LogP contribution in [0.5, 0.6) is 5.88 Å². The normalized spacial score (nSPS) is 10.1. The number of azide groups is 1. The predicted octanol–water partition coefficient (Wildman–Crippen LogP) is 2.53. The molecule has 0 saturated heterocycles. The SMILES string of the molecule is CSc1ccnc(OCCOCCOCCN=[N+]=[N-])c1. The molecule has 0 aliphatic rings. The molecule has 0 radical (unpaired) electrons. The molecule has 1 rings (SSSR count). The van der Waals surface area contributed by atoms with Crippen LogP contribution in [0.1, 0.15) is 0 Å². The Morgan fingerprint density at radius 1 is 1.25 bits per heavy atom. The van der Waals surface area contributed by atoms with Crippen LogP contribution in [0, 0.1) is 0 Å². The fourth-order valence-corrected chi connectivity index (χ4v) is 1.69. The number of hydrogen-bond acceptors (Lipinski definition) is 6. The Bertz CT molecular complexity index is 427. The molecule has 0 amide bonds. The summed E-state index contributed by atoms with van der Waals surface area (Å²) >= 11 is 1.64. The minimum Gasteiger partial charge on any atom is -0.475 e. The highest BCUT2D eigenvalue weighted by Crippen LogP contribution is 2.17. The number of hydrogen-bond donors (Lipinski definition) is 0. The van der Waals surface area contributed by atoms with Gasteiger partial charge < -0.3 is 14.2 Å². The van der Waals surface area contributed by atoms with Crippen molar-refractivity contribution in [1.82, 2.24) is 4.98 Å². The standard InChI is InChI=1S/C12H18N4O3S/c1-20-11-2-3-14-12(10-11)19-9-8-18-7-6-17-5-4-15-16-13/h2-3,10H,4-9H2,1H3. The predicted molar refractivity (Wildman–Crippen MR) is 77.2 cm³/mol. The maximum absolute atomic E-state index is 8.05. The third-order valence-electron chi connectivity index (χ3n) is 2.19. The summed E-state index contributed by atoms with van der Waals surface area (Å²) in [6, 6.07) is 3.82.